The zero-order valence-electron chi connectivity index (χ0n) is 11.6. The van der Waals surface area contributed by atoms with Crippen molar-refractivity contribution >= 4 is 28.1 Å². The molecule has 104 valence electrons. The van der Waals surface area contributed by atoms with E-state index in [1.54, 1.807) is 18.3 Å². The van der Waals surface area contributed by atoms with Crippen LogP contribution in [0.4, 0.5) is 0 Å². The minimum atomic E-state index is -0.399. The summed E-state index contributed by atoms with van der Waals surface area (Å²) < 4.78 is 5.20. The standard InChI is InChI=1S/C18H14O2S/c1-12(2)18(19)20-15-9-7-13(8-10-15)17-16-6-4-3-5-14(16)11-21-17/h3-11H,1H2,2H3. The maximum absolute atomic E-state index is 11.5. The van der Waals surface area contributed by atoms with Gasteiger partial charge in [0, 0.05) is 15.8 Å². The van der Waals surface area contributed by atoms with E-state index in [9.17, 15) is 4.79 Å². The Morgan fingerprint density at radius 1 is 1.10 bits per heavy atom. The number of ether oxygens (including phenoxy) is 1. The Bertz CT molecular complexity index is 813. The molecule has 3 heteroatoms. The third-order valence-electron chi connectivity index (χ3n) is 3.18. The number of carbonyl (C=O) groups excluding carboxylic acids is 1. The lowest BCUT2D eigenvalue weighted by Crippen LogP contribution is -2.07. The van der Waals surface area contributed by atoms with Crippen LogP contribution in [-0.2, 0) is 4.79 Å². The van der Waals surface area contributed by atoms with Gasteiger partial charge in [-0.15, -0.1) is 11.3 Å². The minimum absolute atomic E-state index is 0.392. The molecule has 1 heterocycles. The van der Waals surface area contributed by atoms with Crippen molar-refractivity contribution in [3.05, 3.63) is 66.1 Å². The molecule has 0 saturated carbocycles. The fourth-order valence-electron chi connectivity index (χ4n) is 2.08. The molecule has 3 rings (SSSR count). The highest BCUT2D eigenvalue weighted by Crippen LogP contribution is 2.35. The molecule has 21 heavy (non-hydrogen) atoms. The SMILES string of the molecule is C=C(C)C(=O)Oc1ccc(-c2scc3ccccc23)cc1. The lowest BCUT2D eigenvalue weighted by molar-refractivity contribution is -0.130. The summed E-state index contributed by atoms with van der Waals surface area (Å²) >= 11 is 1.72. The number of hydrogen-bond donors (Lipinski definition) is 0. The molecule has 0 N–H and O–H groups in total. The number of carbonyl (C=O) groups is 1. The smallest absolute Gasteiger partial charge is 0.338 e. The summed E-state index contributed by atoms with van der Waals surface area (Å²) in [7, 11) is 0. The number of hydrogen-bond acceptors (Lipinski definition) is 3. The minimum Gasteiger partial charge on any atom is -0.423 e. The van der Waals surface area contributed by atoms with Crippen molar-refractivity contribution in [1.29, 1.82) is 0 Å². The van der Waals surface area contributed by atoms with Gasteiger partial charge in [-0.3, -0.25) is 0 Å². The predicted molar refractivity (Wildman–Crippen MR) is 87.7 cm³/mol. The topological polar surface area (TPSA) is 26.3 Å². The van der Waals surface area contributed by atoms with E-state index in [4.69, 9.17) is 4.74 Å². The Labute approximate surface area is 127 Å². The van der Waals surface area contributed by atoms with Gasteiger partial charge in [0.05, 0.1) is 0 Å². The van der Waals surface area contributed by atoms with Crippen LogP contribution in [0.1, 0.15) is 6.92 Å². The Morgan fingerprint density at radius 3 is 2.52 bits per heavy atom. The van der Waals surface area contributed by atoms with Crippen molar-refractivity contribution in [3.8, 4) is 16.2 Å². The largest absolute Gasteiger partial charge is 0.423 e. The molecule has 2 aromatic carbocycles. The number of rotatable bonds is 3. The quantitative estimate of drug-likeness (QED) is 0.384. The average molecular weight is 294 g/mol. The first-order valence-electron chi connectivity index (χ1n) is 6.59. The van der Waals surface area contributed by atoms with Gasteiger partial charge in [-0.05, 0) is 47.5 Å². The van der Waals surface area contributed by atoms with Crippen LogP contribution in [0.15, 0.2) is 66.1 Å². The molecule has 0 spiro atoms. The molecular formula is C18H14O2S. The van der Waals surface area contributed by atoms with Crippen LogP contribution in [0.25, 0.3) is 21.2 Å². The van der Waals surface area contributed by atoms with Crippen LogP contribution in [0, 0.1) is 0 Å². The van der Waals surface area contributed by atoms with Crippen molar-refractivity contribution in [1.82, 2.24) is 0 Å². The van der Waals surface area contributed by atoms with Crippen molar-refractivity contribution < 1.29 is 9.53 Å². The van der Waals surface area contributed by atoms with Crippen molar-refractivity contribution in [2.75, 3.05) is 0 Å². The predicted octanol–water partition coefficient (Wildman–Crippen LogP) is 5.05. The van der Waals surface area contributed by atoms with Crippen molar-refractivity contribution in [2.45, 2.75) is 6.92 Å². The normalized spacial score (nSPS) is 10.5. The number of thiophene rings is 1. The maximum atomic E-state index is 11.5. The molecule has 0 unspecified atom stereocenters. The van der Waals surface area contributed by atoms with Crippen LogP contribution in [-0.4, -0.2) is 5.97 Å². The zero-order valence-corrected chi connectivity index (χ0v) is 12.4. The van der Waals surface area contributed by atoms with Gasteiger partial charge in [0.15, 0.2) is 0 Å². The van der Waals surface area contributed by atoms with Crippen LogP contribution < -0.4 is 4.74 Å². The van der Waals surface area contributed by atoms with Crippen LogP contribution >= 0.6 is 11.3 Å². The van der Waals surface area contributed by atoms with E-state index in [0.717, 1.165) is 5.56 Å². The molecule has 0 saturated heterocycles. The summed E-state index contributed by atoms with van der Waals surface area (Å²) in [6, 6.07) is 15.9. The maximum Gasteiger partial charge on any atom is 0.338 e. The lowest BCUT2D eigenvalue weighted by Gasteiger charge is -2.05. The molecule has 0 bridgehead atoms. The van der Waals surface area contributed by atoms with E-state index in [2.05, 4.69) is 24.1 Å². The van der Waals surface area contributed by atoms with E-state index >= 15 is 0 Å². The third kappa shape index (κ3) is 2.73. The van der Waals surface area contributed by atoms with Gasteiger partial charge in [0.25, 0.3) is 0 Å². The lowest BCUT2D eigenvalue weighted by atomic mass is 10.1. The van der Waals surface area contributed by atoms with E-state index in [1.807, 2.05) is 36.4 Å². The van der Waals surface area contributed by atoms with Crippen molar-refractivity contribution in [3.63, 3.8) is 0 Å². The Hall–Kier alpha value is -2.39. The Balaban J connectivity index is 1.90. The van der Waals surface area contributed by atoms with Gasteiger partial charge >= 0.3 is 5.97 Å². The van der Waals surface area contributed by atoms with Gasteiger partial charge in [-0.2, -0.15) is 0 Å². The molecule has 0 aliphatic heterocycles. The second kappa shape index (κ2) is 5.54. The highest BCUT2D eigenvalue weighted by atomic mass is 32.1. The third-order valence-corrected chi connectivity index (χ3v) is 4.25. The summed E-state index contributed by atoms with van der Waals surface area (Å²) in [5.41, 5.74) is 1.51. The highest BCUT2D eigenvalue weighted by Gasteiger charge is 2.08. The Morgan fingerprint density at radius 2 is 1.81 bits per heavy atom. The van der Waals surface area contributed by atoms with Crippen LogP contribution in [0.5, 0.6) is 5.75 Å². The van der Waals surface area contributed by atoms with Gasteiger partial charge in [0.2, 0.25) is 0 Å². The second-order valence-corrected chi connectivity index (χ2v) is 5.73. The van der Waals surface area contributed by atoms with Gasteiger partial charge in [-0.25, -0.2) is 4.79 Å². The van der Waals surface area contributed by atoms with Gasteiger partial charge in [0.1, 0.15) is 5.75 Å². The molecule has 0 fully saturated rings. The molecule has 1 aromatic heterocycles. The first-order valence-corrected chi connectivity index (χ1v) is 7.47. The first kappa shape index (κ1) is 13.6. The van der Waals surface area contributed by atoms with Crippen LogP contribution in [0.3, 0.4) is 0 Å². The fraction of sp³-hybridized carbons (Fsp3) is 0.0556. The molecule has 0 aliphatic carbocycles. The highest BCUT2D eigenvalue weighted by molar-refractivity contribution is 7.15. The summed E-state index contributed by atoms with van der Waals surface area (Å²) in [6.45, 7) is 5.20. The second-order valence-electron chi connectivity index (χ2n) is 4.85. The molecule has 3 aromatic rings. The van der Waals surface area contributed by atoms with Gasteiger partial charge in [-0.1, -0.05) is 30.8 Å². The number of benzene rings is 2. The van der Waals surface area contributed by atoms with E-state index < -0.39 is 5.97 Å². The number of fused-ring (bicyclic) bond motifs is 1. The van der Waals surface area contributed by atoms with E-state index in [0.29, 0.717) is 11.3 Å². The van der Waals surface area contributed by atoms with Crippen molar-refractivity contribution in [2.24, 2.45) is 0 Å². The fourth-order valence-corrected chi connectivity index (χ4v) is 3.12. The summed E-state index contributed by atoms with van der Waals surface area (Å²) in [5, 5.41) is 4.64. The monoisotopic (exact) mass is 294 g/mol. The first-order chi connectivity index (χ1) is 10.1. The average Bonchev–Trinajstić information content (AvgIpc) is 2.92. The molecule has 0 aliphatic rings. The summed E-state index contributed by atoms with van der Waals surface area (Å²) in [5.74, 6) is 0.136. The van der Waals surface area contributed by atoms with Crippen LogP contribution in [0.2, 0.25) is 0 Å². The van der Waals surface area contributed by atoms with E-state index in [1.165, 1.54) is 15.6 Å². The molecule has 0 atom stereocenters. The summed E-state index contributed by atoms with van der Waals surface area (Å²) in [6.07, 6.45) is 0. The summed E-state index contributed by atoms with van der Waals surface area (Å²) in [4.78, 5) is 12.7. The van der Waals surface area contributed by atoms with E-state index in [-0.39, 0.29) is 0 Å². The molecular weight excluding hydrogens is 280 g/mol. The number of esters is 1. The van der Waals surface area contributed by atoms with Gasteiger partial charge < -0.3 is 4.74 Å². The molecule has 0 amide bonds. The molecule has 2 nitrogen and oxygen atoms in total. The Kier molecular flexibility index (Phi) is 3.59. The zero-order chi connectivity index (χ0) is 14.8. The molecule has 0 radical (unpaired) electrons.